The van der Waals surface area contributed by atoms with Crippen LogP contribution in [0.2, 0.25) is 0 Å². The second-order valence-corrected chi connectivity index (χ2v) is 6.72. The van der Waals surface area contributed by atoms with Crippen molar-refractivity contribution in [2.45, 2.75) is 51.1 Å². The molecule has 1 atom stereocenters. The van der Waals surface area contributed by atoms with Crippen LogP contribution in [0, 0.1) is 5.92 Å². The number of hydrogen-bond donors (Lipinski definition) is 4. The Hall–Kier alpha value is -2.57. The van der Waals surface area contributed by atoms with Crippen molar-refractivity contribution < 1.29 is 19.5 Å². The Morgan fingerprint density at radius 3 is 2.38 bits per heavy atom. The van der Waals surface area contributed by atoms with Crippen molar-refractivity contribution in [3.63, 3.8) is 0 Å². The van der Waals surface area contributed by atoms with Crippen LogP contribution in [0.4, 0.5) is 4.79 Å². The van der Waals surface area contributed by atoms with Crippen LogP contribution in [0.1, 0.15) is 44.1 Å². The average molecular weight is 361 g/mol. The summed E-state index contributed by atoms with van der Waals surface area (Å²) in [6.07, 6.45) is 5.85. The molecule has 0 aromatic heterocycles. The molecule has 4 N–H and O–H groups in total. The van der Waals surface area contributed by atoms with E-state index in [1.54, 1.807) is 0 Å². The van der Waals surface area contributed by atoms with Crippen molar-refractivity contribution in [1.29, 1.82) is 0 Å². The Kier molecular flexibility index (Phi) is 7.92. The standard InChI is InChI=1S/C19H27N3O4/c23-17(11-14-7-3-1-4-8-14)22-16(18(24)25)13-21-19(26)20-12-15-9-5-2-6-10-15/h2,5-6,9-10,14,16H,1,3-4,7-8,11-13H2,(H,22,23)(H,24,25)(H2,20,21,26)/t16-/m0/s1. The van der Waals surface area contributed by atoms with E-state index in [4.69, 9.17) is 0 Å². The molecule has 1 fully saturated rings. The zero-order valence-electron chi connectivity index (χ0n) is 14.9. The summed E-state index contributed by atoms with van der Waals surface area (Å²) in [5.41, 5.74) is 0.943. The Labute approximate surface area is 153 Å². The minimum Gasteiger partial charge on any atom is -0.480 e. The van der Waals surface area contributed by atoms with Gasteiger partial charge in [0.1, 0.15) is 6.04 Å². The molecular formula is C19H27N3O4. The lowest BCUT2D eigenvalue weighted by Gasteiger charge is -2.22. The van der Waals surface area contributed by atoms with Gasteiger partial charge in [-0.1, -0.05) is 49.6 Å². The lowest BCUT2D eigenvalue weighted by atomic mass is 9.87. The highest BCUT2D eigenvalue weighted by molar-refractivity contribution is 5.84. The first kappa shape index (κ1) is 19.8. The minimum atomic E-state index is -1.16. The largest absolute Gasteiger partial charge is 0.480 e. The maximum atomic E-state index is 12.1. The fraction of sp³-hybridized carbons (Fsp3) is 0.526. The number of rotatable bonds is 8. The number of carbonyl (C=O) groups excluding carboxylic acids is 2. The average Bonchev–Trinajstić information content (AvgIpc) is 2.64. The van der Waals surface area contributed by atoms with Crippen LogP contribution in [-0.4, -0.2) is 35.6 Å². The van der Waals surface area contributed by atoms with E-state index >= 15 is 0 Å². The number of carbonyl (C=O) groups is 3. The molecule has 1 aromatic carbocycles. The fourth-order valence-electron chi connectivity index (χ4n) is 3.14. The van der Waals surface area contributed by atoms with Gasteiger partial charge >= 0.3 is 12.0 Å². The Morgan fingerprint density at radius 2 is 1.73 bits per heavy atom. The molecule has 0 aliphatic heterocycles. The molecule has 0 spiro atoms. The van der Waals surface area contributed by atoms with Crippen LogP contribution in [0.25, 0.3) is 0 Å². The van der Waals surface area contributed by atoms with E-state index in [-0.39, 0.29) is 12.5 Å². The predicted octanol–water partition coefficient (Wildman–Crippen LogP) is 2.03. The molecule has 0 heterocycles. The highest BCUT2D eigenvalue weighted by Crippen LogP contribution is 2.26. The number of amides is 3. The number of carboxylic acids is 1. The van der Waals surface area contributed by atoms with Gasteiger partial charge in [-0.25, -0.2) is 9.59 Å². The first-order chi connectivity index (χ1) is 12.5. The van der Waals surface area contributed by atoms with E-state index < -0.39 is 18.0 Å². The molecule has 1 aliphatic carbocycles. The van der Waals surface area contributed by atoms with Crippen LogP contribution in [0.3, 0.4) is 0 Å². The molecule has 0 radical (unpaired) electrons. The Balaban J connectivity index is 1.71. The summed E-state index contributed by atoms with van der Waals surface area (Å²) in [5, 5.41) is 16.9. The van der Waals surface area contributed by atoms with E-state index in [2.05, 4.69) is 16.0 Å². The lowest BCUT2D eigenvalue weighted by Crippen LogP contribution is -2.50. The van der Waals surface area contributed by atoms with Gasteiger partial charge in [0, 0.05) is 13.0 Å². The summed E-state index contributed by atoms with van der Waals surface area (Å²) < 4.78 is 0. The van der Waals surface area contributed by atoms with Gasteiger partial charge in [0.2, 0.25) is 5.91 Å². The quantitative estimate of drug-likeness (QED) is 0.568. The van der Waals surface area contributed by atoms with E-state index in [1.165, 1.54) is 6.42 Å². The van der Waals surface area contributed by atoms with Gasteiger partial charge in [0.25, 0.3) is 0 Å². The SMILES string of the molecule is O=C(CC1CCCCC1)N[C@@H](CNC(=O)NCc1ccccc1)C(=O)O. The summed E-state index contributed by atoms with van der Waals surface area (Å²) in [4.78, 5) is 35.2. The molecule has 7 nitrogen and oxygen atoms in total. The maximum Gasteiger partial charge on any atom is 0.328 e. The third kappa shape index (κ3) is 7.13. The van der Waals surface area contributed by atoms with Gasteiger partial charge in [-0.3, -0.25) is 4.79 Å². The molecule has 2 rings (SSSR count). The monoisotopic (exact) mass is 361 g/mol. The summed E-state index contributed by atoms with van der Waals surface area (Å²) in [6.45, 7) is 0.185. The van der Waals surface area contributed by atoms with Crippen molar-refractivity contribution >= 4 is 17.9 Å². The molecular weight excluding hydrogens is 334 g/mol. The van der Waals surface area contributed by atoms with Crippen LogP contribution < -0.4 is 16.0 Å². The second-order valence-electron chi connectivity index (χ2n) is 6.72. The van der Waals surface area contributed by atoms with Crippen molar-refractivity contribution in [3.8, 4) is 0 Å². The zero-order valence-corrected chi connectivity index (χ0v) is 14.9. The molecule has 1 aliphatic rings. The van der Waals surface area contributed by atoms with E-state index in [1.807, 2.05) is 30.3 Å². The summed E-state index contributed by atoms with van der Waals surface area (Å²) in [5.74, 6) is -1.10. The number of aliphatic carboxylic acids is 1. The van der Waals surface area contributed by atoms with Crippen molar-refractivity contribution in [1.82, 2.24) is 16.0 Å². The molecule has 26 heavy (non-hydrogen) atoms. The minimum absolute atomic E-state index is 0.160. The molecule has 0 saturated heterocycles. The van der Waals surface area contributed by atoms with Crippen LogP contribution in [-0.2, 0) is 16.1 Å². The van der Waals surface area contributed by atoms with Crippen molar-refractivity contribution in [3.05, 3.63) is 35.9 Å². The summed E-state index contributed by atoms with van der Waals surface area (Å²) >= 11 is 0. The van der Waals surface area contributed by atoms with Crippen LogP contribution in [0.15, 0.2) is 30.3 Å². The molecule has 1 aromatic rings. The Bertz CT molecular complexity index is 600. The number of nitrogens with one attached hydrogen (secondary N) is 3. The number of benzene rings is 1. The van der Waals surface area contributed by atoms with Gasteiger partial charge in [-0.2, -0.15) is 0 Å². The first-order valence-electron chi connectivity index (χ1n) is 9.12. The number of carboxylic acid groups (broad SMARTS) is 1. The van der Waals surface area contributed by atoms with Gasteiger partial charge < -0.3 is 21.1 Å². The fourth-order valence-corrected chi connectivity index (χ4v) is 3.14. The predicted molar refractivity (Wildman–Crippen MR) is 97.4 cm³/mol. The Morgan fingerprint density at radius 1 is 1.04 bits per heavy atom. The van der Waals surface area contributed by atoms with E-state index in [0.717, 1.165) is 31.2 Å². The highest BCUT2D eigenvalue weighted by atomic mass is 16.4. The van der Waals surface area contributed by atoms with Gasteiger partial charge in [0.15, 0.2) is 0 Å². The molecule has 3 amide bonds. The number of urea groups is 1. The van der Waals surface area contributed by atoms with Gasteiger partial charge in [-0.15, -0.1) is 0 Å². The van der Waals surface area contributed by atoms with E-state index in [0.29, 0.717) is 18.9 Å². The molecule has 142 valence electrons. The third-order valence-electron chi connectivity index (χ3n) is 4.59. The third-order valence-corrected chi connectivity index (χ3v) is 4.59. The van der Waals surface area contributed by atoms with Gasteiger partial charge in [-0.05, 0) is 24.3 Å². The normalized spacial score (nSPS) is 15.7. The first-order valence-corrected chi connectivity index (χ1v) is 9.12. The van der Waals surface area contributed by atoms with Crippen LogP contribution in [0.5, 0.6) is 0 Å². The molecule has 0 bridgehead atoms. The molecule has 7 heteroatoms. The topological polar surface area (TPSA) is 108 Å². The maximum absolute atomic E-state index is 12.1. The van der Waals surface area contributed by atoms with Crippen molar-refractivity contribution in [2.24, 2.45) is 5.92 Å². The molecule has 0 unspecified atom stereocenters. The smallest absolute Gasteiger partial charge is 0.328 e. The van der Waals surface area contributed by atoms with Gasteiger partial charge in [0.05, 0.1) is 6.54 Å². The summed E-state index contributed by atoms with van der Waals surface area (Å²) in [7, 11) is 0. The van der Waals surface area contributed by atoms with Crippen molar-refractivity contribution in [2.75, 3.05) is 6.54 Å². The summed E-state index contributed by atoms with van der Waals surface area (Å²) in [6, 6.07) is 7.79. The van der Waals surface area contributed by atoms with E-state index in [9.17, 15) is 19.5 Å². The lowest BCUT2D eigenvalue weighted by molar-refractivity contribution is -0.141. The number of hydrogen-bond acceptors (Lipinski definition) is 3. The highest BCUT2D eigenvalue weighted by Gasteiger charge is 2.23. The zero-order chi connectivity index (χ0) is 18.8. The second kappa shape index (κ2) is 10.4. The van der Waals surface area contributed by atoms with Crippen LogP contribution >= 0.6 is 0 Å². The molecule has 1 saturated carbocycles.